The number of likely N-dealkylation sites (N-methyl/N-ethyl adjacent to an activating group) is 1. The van der Waals surface area contributed by atoms with Gasteiger partial charge in [-0.1, -0.05) is 18.2 Å². The molecule has 0 aliphatic carbocycles. The minimum absolute atomic E-state index is 0.0659. The number of nitrogens with zero attached hydrogens (tertiary/aromatic N) is 4. The molecule has 0 atom stereocenters. The fraction of sp³-hybridized carbons (Fsp3) is 0.286. The first-order valence-corrected chi connectivity index (χ1v) is 9.31. The summed E-state index contributed by atoms with van der Waals surface area (Å²) < 4.78 is 6.16. The molecule has 1 saturated heterocycles. The third kappa shape index (κ3) is 3.95. The molecule has 4 rings (SSSR count). The van der Waals surface area contributed by atoms with Gasteiger partial charge in [0.05, 0.1) is 11.5 Å². The van der Waals surface area contributed by atoms with Crippen molar-refractivity contribution in [3.05, 3.63) is 70.5 Å². The van der Waals surface area contributed by atoms with Crippen molar-refractivity contribution in [3.63, 3.8) is 0 Å². The highest BCUT2D eigenvalue weighted by atomic mass is 16.6. The molecular weight excluding hydrogens is 356 g/mol. The lowest BCUT2D eigenvalue weighted by molar-refractivity contribution is -0.384. The van der Waals surface area contributed by atoms with Crippen molar-refractivity contribution in [3.8, 4) is 22.7 Å². The largest absolute Gasteiger partial charge is 0.439 e. The van der Waals surface area contributed by atoms with E-state index >= 15 is 0 Å². The van der Waals surface area contributed by atoms with Crippen LogP contribution in [-0.2, 0) is 6.54 Å². The topological polar surface area (TPSA) is 75.7 Å². The lowest BCUT2D eigenvalue weighted by Gasteiger charge is -2.31. The highest BCUT2D eigenvalue weighted by molar-refractivity contribution is 5.66. The zero-order valence-electron chi connectivity index (χ0n) is 15.7. The van der Waals surface area contributed by atoms with Gasteiger partial charge in [-0.2, -0.15) is 0 Å². The van der Waals surface area contributed by atoms with Crippen LogP contribution in [0, 0.1) is 10.1 Å². The van der Waals surface area contributed by atoms with E-state index in [1.165, 1.54) is 12.1 Å². The first-order chi connectivity index (χ1) is 13.6. The number of nitro benzene ring substituents is 1. The van der Waals surface area contributed by atoms with Crippen LogP contribution in [0.2, 0.25) is 0 Å². The van der Waals surface area contributed by atoms with Gasteiger partial charge >= 0.3 is 0 Å². The molecule has 0 saturated carbocycles. The Labute approximate surface area is 163 Å². The molecule has 144 valence electrons. The SMILES string of the molecule is CN1CCN(Cc2oc(-c3ccccc3)nc2-c2ccc([N+](=O)[O-])cc2)CC1. The number of nitro groups is 1. The number of rotatable bonds is 5. The van der Waals surface area contributed by atoms with E-state index in [2.05, 4.69) is 16.8 Å². The number of non-ortho nitro benzene ring substituents is 1. The molecule has 1 aliphatic heterocycles. The Morgan fingerprint density at radius 2 is 1.68 bits per heavy atom. The zero-order chi connectivity index (χ0) is 19.5. The molecule has 1 aliphatic rings. The van der Waals surface area contributed by atoms with Crippen molar-refractivity contribution in [1.29, 1.82) is 0 Å². The molecule has 28 heavy (non-hydrogen) atoms. The van der Waals surface area contributed by atoms with Gasteiger partial charge in [0.2, 0.25) is 5.89 Å². The third-order valence-electron chi connectivity index (χ3n) is 5.03. The van der Waals surface area contributed by atoms with Crippen LogP contribution in [0.1, 0.15) is 5.76 Å². The molecule has 2 heterocycles. The van der Waals surface area contributed by atoms with Gasteiger partial charge in [-0.15, -0.1) is 0 Å². The highest BCUT2D eigenvalue weighted by Gasteiger charge is 2.21. The van der Waals surface area contributed by atoms with Crippen LogP contribution in [0.3, 0.4) is 0 Å². The van der Waals surface area contributed by atoms with Crippen molar-refractivity contribution < 1.29 is 9.34 Å². The van der Waals surface area contributed by atoms with Gasteiger partial charge in [0.25, 0.3) is 5.69 Å². The second kappa shape index (κ2) is 7.92. The first-order valence-electron chi connectivity index (χ1n) is 9.31. The van der Waals surface area contributed by atoms with Gasteiger partial charge < -0.3 is 9.32 Å². The van der Waals surface area contributed by atoms with Crippen LogP contribution in [0.15, 0.2) is 59.0 Å². The van der Waals surface area contributed by atoms with Crippen LogP contribution in [-0.4, -0.2) is 52.9 Å². The van der Waals surface area contributed by atoms with E-state index in [9.17, 15) is 10.1 Å². The van der Waals surface area contributed by atoms with Crippen molar-refractivity contribution in [2.75, 3.05) is 33.2 Å². The van der Waals surface area contributed by atoms with E-state index < -0.39 is 4.92 Å². The predicted octanol–water partition coefficient (Wildman–Crippen LogP) is 3.66. The average molecular weight is 378 g/mol. The molecule has 0 radical (unpaired) electrons. The summed E-state index contributed by atoms with van der Waals surface area (Å²) in [7, 11) is 2.13. The van der Waals surface area contributed by atoms with Crippen molar-refractivity contribution in [2.24, 2.45) is 0 Å². The number of hydrogen-bond acceptors (Lipinski definition) is 6. The average Bonchev–Trinajstić information content (AvgIpc) is 3.14. The van der Waals surface area contributed by atoms with E-state index in [0.29, 0.717) is 12.4 Å². The Balaban J connectivity index is 1.68. The zero-order valence-corrected chi connectivity index (χ0v) is 15.7. The maximum Gasteiger partial charge on any atom is 0.269 e. The molecule has 0 bridgehead atoms. The minimum atomic E-state index is -0.396. The van der Waals surface area contributed by atoms with Crippen LogP contribution < -0.4 is 0 Å². The van der Waals surface area contributed by atoms with Crippen LogP contribution in [0.5, 0.6) is 0 Å². The second-order valence-corrected chi connectivity index (χ2v) is 7.04. The first kappa shape index (κ1) is 18.3. The quantitative estimate of drug-likeness (QED) is 0.498. The van der Waals surface area contributed by atoms with E-state index in [1.807, 2.05) is 30.3 Å². The van der Waals surface area contributed by atoms with Gasteiger partial charge in [0, 0.05) is 49.4 Å². The summed E-state index contributed by atoms with van der Waals surface area (Å²) in [6.07, 6.45) is 0. The predicted molar refractivity (Wildman–Crippen MR) is 107 cm³/mol. The smallest absolute Gasteiger partial charge is 0.269 e. The van der Waals surface area contributed by atoms with E-state index in [4.69, 9.17) is 9.40 Å². The normalized spacial score (nSPS) is 15.6. The van der Waals surface area contributed by atoms with Gasteiger partial charge in [-0.25, -0.2) is 4.98 Å². The maximum absolute atomic E-state index is 11.0. The number of oxazole rings is 1. The number of benzene rings is 2. The van der Waals surface area contributed by atoms with Gasteiger partial charge in [0.15, 0.2) is 0 Å². The lowest BCUT2D eigenvalue weighted by Crippen LogP contribution is -2.43. The number of hydrogen-bond donors (Lipinski definition) is 0. The molecule has 3 aromatic rings. The number of piperazine rings is 1. The van der Waals surface area contributed by atoms with Crippen molar-refractivity contribution in [1.82, 2.24) is 14.8 Å². The van der Waals surface area contributed by atoms with Crippen molar-refractivity contribution in [2.45, 2.75) is 6.54 Å². The maximum atomic E-state index is 11.0. The molecule has 0 N–H and O–H groups in total. The van der Waals surface area contributed by atoms with E-state index in [-0.39, 0.29) is 5.69 Å². The Morgan fingerprint density at radius 1 is 1.00 bits per heavy atom. The molecule has 1 aromatic heterocycles. The fourth-order valence-electron chi connectivity index (χ4n) is 3.34. The molecule has 0 amide bonds. The highest BCUT2D eigenvalue weighted by Crippen LogP contribution is 2.31. The lowest BCUT2D eigenvalue weighted by atomic mass is 10.1. The molecule has 0 unspecified atom stereocenters. The van der Waals surface area contributed by atoms with Gasteiger partial charge in [-0.05, 0) is 31.3 Å². The fourth-order valence-corrected chi connectivity index (χ4v) is 3.34. The summed E-state index contributed by atoms with van der Waals surface area (Å²) >= 11 is 0. The Kier molecular flexibility index (Phi) is 5.18. The number of aromatic nitrogens is 1. The molecule has 7 nitrogen and oxygen atoms in total. The monoisotopic (exact) mass is 378 g/mol. The third-order valence-corrected chi connectivity index (χ3v) is 5.03. The summed E-state index contributed by atoms with van der Waals surface area (Å²) in [6, 6.07) is 16.3. The molecular formula is C21H22N4O3. The second-order valence-electron chi connectivity index (χ2n) is 7.04. The molecule has 1 fully saturated rings. The summed E-state index contributed by atoms with van der Waals surface area (Å²) in [5.41, 5.74) is 2.54. The van der Waals surface area contributed by atoms with Gasteiger partial charge in [0.1, 0.15) is 11.5 Å². The van der Waals surface area contributed by atoms with Crippen LogP contribution in [0.4, 0.5) is 5.69 Å². The summed E-state index contributed by atoms with van der Waals surface area (Å²) in [5, 5.41) is 11.0. The summed E-state index contributed by atoms with van der Waals surface area (Å²) in [4.78, 5) is 20.0. The van der Waals surface area contributed by atoms with E-state index in [0.717, 1.165) is 48.8 Å². The van der Waals surface area contributed by atoms with E-state index in [1.54, 1.807) is 12.1 Å². The Morgan fingerprint density at radius 3 is 2.32 bits per heavy atom. The molecule has 2 aromatic carbocycles. The summed E-state index contributed by atoms with van der Waals surface area (Å²) in [6.45, 7) is 4.65. The standard InChI is InChI=1S/C21H22N4O3/c1-23-11-13-24(14-12-23)15-19-20(16-7-9-18(10-8-16)25(26)27)22-21(28-19)17-5-3-2-4-6-17/h2-10H,11-15H2,1H3. The molecule has 7 heteroatoms. The van der Waals surface area contributed by atoms with Crippen LogP contribution in [0.25, 0.3) is 22.7 Å². The summed E-state index contributed by atoms with van der Waals surface area (Å²) in [5.74, 6) is 1.36. The minimum Gasteiger partial charge on any atom is -0.439 e. The Hall–Kier alpha value is -3.03. The Bertz CT molecular complexity index is 946. The molecule has 0 spiro atoms. The van der Waals surface area contributed by atoms with Crippen LogP contribution >= 0.6 is 0 Å². The van der Waals surface area contributed by atoms with Gasteiger partial charge in [-0.3, -0.25) is 15.0 Å². The van der Waals surface area contributed by atoms with Crippen molar-refractivity contribution >= 4 is 5.69 Å².